The molecule has 0 bridgehead atoms. The molecule has 0 radical (unpaired) electrons. The second-order valence-corrected chi connectivity index (χ2v) is 6.28. The van der Waals surface area contributed by atoms with Crippen molar-refractivity contribution in [3.05, 3.63) is 60.2 Å². The van der Waals surface area contributed by atoms with Crippen LogP contribution in [0.25, 0.3) is 11.1 Å². The molecule has 1 atom stereocenters. The molecule has 0 N–H and O–H groups in total. The van der Waals surface area contributed by atoms with Gasteiger partial charge in [-0.15, -0.1) is 0 Å². The van der Waals surface area contributed by atoms with Gasteiger partial charge < -0.3 is 9.47 Å². The molecule has 0 aliphatic rings. The van der Waals surface area contributed by atoms with E-state index in [0.29, 0.717) is 5.56 Å². The van der Waals surface area contributed by atoms with Crippen LogP contribution in [0, 0.1) is 11.8 Å². The molecule has 0 amide bonds. The third-order valence-corrected chi connectivity index (χ3v) is 4.16. The maximum Gasteiger partial charge on any atom is 0.338 e. The SMILES string of the molecule is CC(C)C(C)C(=O)OCCOC(=O)c1ccc(-c2ccccc2)cc1. The molecule has 0 aliphatic carbocycles. The van der Waals surface area contributed by atoms with Crippen LogP contribution in [0.2, 0.25) is 0 Å². The number of rotatable bonds is 7. The number of hydrogen-bond acceptors (Lipinski definition) is 4. The lowest BCUT2D eigenvalue weighted by Gasteiger charge is -2.14. The minimum Gasteiger partial charge on any atom is -0.462 e. The summed E-state index contributed by atoms with van der Waals surface area (Å²) < 4.78 is 10.3. The van der Waals surface area contributed by atoms with E-state index < -0.39 is 5.97 Å². The van der Waals surface area contributed by atoms with Gasteiger partial charge in [-0.25, -0.2) is 4.79 Å². The number of benzene rings is 2. The van der Waals surface area contributed by atoms with Gasteiger partial charge in [0, 0.05) is 0 Å². The lowest BCUT2D eigenvalue weighted by atomic mass is 9.99. The molecule has 2 rings (SSSR count). The average Bonchev–Trinajstić information content (AvgIpc) is 2.65. The number of esters is 2. The van der Waals surface area contributed by atoms with Crippen LogP contribution in [0.1, 0.15) is 31.1 Å². The summed E-state index contributed by atoms with van der Waals surface area (Å²) in [6.45, 7) is 5.88. The van der Waals surface area contributed by atoms with E-state index in [1.54, 1.807) is 12.1 Å². The van der Waals surface area contributed by atoms with Crippen LogP contribution in [0.4, 0.5) is 0 Å². The van der Waals surface area contributed by atoms with E-state index in [-0.39, 0.29) is 31.0 Å². The first-order valence-corrected chi connectivity index (χ1v) is 8.48. The summed E-state index contributed by atoms with van der Waals surface area (Å²) in [5.74, 6) is -0.634. The third-order valence-electron chi connectivity index (χ3n) is 4.16. The van der Waals surface area contributed by atoms with Gasteiger partial charge >= 0.3 is 11.9 Å². The number of ether oxygens (including phenoxy) is 2. The molecule has 25 heavy (non-hydrogen) atoms. The first kappa shape index (κ1) is 18.7. The standard InChI is InChI=1S/C21H24O4/c1-15(2)16(3)20(22)24-13-14-25-21(23)19-11-9-18(10-12-19)17-7-5-4-6-8-17/h4-12,15-16H,13-14H2,1-3H3. The van der Waals surface area contributed by atoms with E-state index in [4.69, 9.17) is 9.47 Å². The van der Waals surface area contributed by atoms with Crippen molar-refractivity contribution in [2.75, 3.05) is 13.2 Å². The molecule has 2 aromatic carbocycles. The Labute approximate surface area is 148 Å². The smallest absolute Gasteiger partial charge is 0.338 e. The van der Waals surface area contributed by atoms with Crippen LogP contribution in [-0.2, 0) is 14.3 Å². The molecule has 0 fully saturated rings. The van der Waals surface area contributed by atoms with E-state index in [1.807, 2.05) is 63.2 Å². The quantitative estimate of drug-likeness (QED) is 0.555. The van der Waals surface area contributed by atoms with Crippen molar-refractivity contribution in [2.24, 2.45) is 11.8 Å². The lowest BCUT2D eigenvalue weighted by molar-refractivity contribution is -0.150. The molecule has 0 heterocycles. The Hall–Kier alpha value is -2.62. The normalized spacial score (nSPS) is 11.8. The summed E-state index contributed by atoms with van der Waals surface area (Å²) in [6, 6.07) is 17.2. The summed E-state index contributed by atoms with van der Waals surface area (Å²) in [5.41, 5.74) is 2.60. The van der Waals surface area contributed by atoms with Gasteiger partial charge in [0.2, 0.25) is 0 Å². The van der Waals surface area contributed by atoms with Crippen LogP contribution in [0.15, 0.2) is 54.6 Å². The highest BCUT2D eigenvalue weighted by molar-refractivity contribution is 5.90. The largest absolute Gasteiger partial charge is 0.462 e. The summed E-state index contributed by atoms with van der Waals surface area (Å²) >= 11 is 0. The molecule has 0 saturated carbocycles. The van der Waals surface area contributed by atoms with Crippen LogP contribution < -0.4 is 0 Å². The van der Waals surface area contributed by atoms with Crippen molar-refractivity contribution in [1.82, 2.24) is 0 Å². The Balaban J connectivity index is 1.80. The van der Waals surface area contributed by atoms with Gasteiger partial charge in [-0.1, -0.05) is 63.2 Å². The highest BCUT2D eigenvalue weighted by Gasteiger charge is 2.18. The molecule has 132 valence electrons. The van der Waals surface area contributed by atoms with Gasteiger partial charge in [0.1, 0.15) is 13.2 Å². The molecule has 4 heteroatoms. The molecule has 2 aromatic rings. The molecular weight excluding hydrogens is 316 g/mol. The topological polar surface area (TPSA) is 52.6 Å². The number of carbonyl (C=O) groups is 2. The summed E-state index contributed by atoms with van der Waals surface area (Å²) in [7, 11) is 0. The Morgan fingerprint density at radius 2 is 1.36 bits per heavy atom. The first-order chi connectivity index (χ1) is 12.0. The molecular formula is C21H24O4. The predicted molar refractivity (Wildman–Crippen MR) is 97.1 cm³/mol. The molecule has 0 aliphatic heterocycles. The minimum atomic E-state index is -0.424. The third kappa shape index (κ3) is 5.45. The fourth-order valence-corrected chi connectivity index (χ4v) is 2.19. The fourth-order valence-electron chi connectivity index (χ4n) is 2.19. The average molecular weight is 340 g/mol. The van der Waals surface area contributed by atoms with Crippen LogP contribution in [0.3, 0.4) is 0 Å². The van der Waals surface area contributed by atoms with E-state index in [1.165, 1.54) is 0 Å². The monoisotopic (exact) mass is 340 g/mol. The van der Waals surface area contributed by atoms with Gasteiger partial charge in [-0.2, -0.15) is 0 Å². The van der Waals surface area contributed by atoms with Crippen LogP contribution in [0.5, 0.6) is 0 Å². The zero-order valence-corrected chi connectivity index (χ0v) is 14.9. The van der Waals surface area contributed by atoms with Crippen molar-refractivity contribution in [3.8, 4) is 11.1 Å². The fraction of sp³-hybridized carbons (Fsp3) is 0.333. The van der Waals surface area contributed by atoms with E-state index >= 15 is 0 Å². The van der Waals surface area contributed by atoms with Gasteiger partial charge in [0.25, 0.3) is 0 Å². The summed E-state index contributed by atoms with van der Waals surface area (Å²) in [4.78, 5) is 23.7. The molecule has 0 aromatic heterocycles. The zero-order valence-electron chi connectivity index (χ0n) is 14.9. The second-order valence-electron chi connectivity index (χ2n) is 6.28. The van der Waals surface area contributed by atoms with E-state index in [9.17, 15) is 9.59 Å². The van der Waals surface area contributed by atoms with Crippen molar-refractivity contribution in [1.29, 1.82) is 0 Å². The van der Waals surface area contributed by atoms with Gasteiger partial charge in [0.15, 0.2) is 0 Å². The highest BCUT2D eigenvalue weighted by atomic mass is 16.6. The van der Waals surface area contributed by atoms with Gasteiger partial charge in [-0.05, 0) is 29.2 Å². The van der Waals surface area contributed by atoms with Gasteiger partial charge in [-0.3, -0.25) is 4.79 Å². The molecule has 0 spiro atoms. The lowest BCUT2D eigenvalue weighted by Crippen LogP contribution is -2.22. The number of carbonyl (C=O) groups excluding carboxylic acids is 2. The van der Waals surface area contributed by atoms with Crippen LogP contribution >= 0.6 is 0 Å². The highest BCUT2D eigenvalue weighted by Crippen LogP contribution is 2.19. The Kier molecular flexibility index (Phi) is 6.75. The maximum absolute atomic E-state index is 12.0. The maximum atomic E-state index is 12.0. The Morgan fingerprint density at radius 1 is 0.800 bits per heavy atom. The second kappa shape index (κ2) is 9.02. The Morgan fingerprint density at radius 3 is 1.96 bits per heavy atom. The predicted octanol–water partition coefficient (Wildman–Crippen LogP) is 4.35. The minimum absolute atomic E-state index is 0.0514. The summed E-state index contributed by atoms with van der Waals surface area (Å²) in [6.07, 6.45) is 0. The van der Waals surface area contributed by atoms with E-state index in [0.717, 1.165) is 11.1 Å². The summed E-state index contributed by atoms with van der Waals surface area (Å²) in [5, 5.41) is 0. The Bertz CT molecular complexity index is 690. The number of hydrogen-bond donors (Lipinski definition) is 0. The molecule has 0 saturated heterocycles. The van der Waals surface area contributed by atoms with Crippen molar-refractivity contribution < 1.29 is 19.1 Å². The van der Waals surface area contributed by atoms with Crippen molar-refractivity contribution >= 4 is 11.9 Å². The molecule has 4 nitrogen and oxygen atoms in total. The first-order valence-electron chi connectivity index (χ1n) is 8.48. The van der Waals surface area contributed by atoms with Crippen LogP contribution in [-0.4, -0.2) is 25.2 Å². The molecule has 1 unspecified atom stereocenters. The van der Waals surface area contributed by atoms with Crippen molar-refractivity contribution in [2.45, 2.75) is 20.8 Å². The zero-order chi connectivity index (χ0) is 18.2. The van der Waals surface area contributed by atoms with Gasteiger partial charge in [0.05, 0.1) is 11.5 Å². The van der Waals surface area contributed by atoms with Crippen molar-refractivity contribution in [3.63, 3.8) is 0 Å². The van der Waals surface area contributed by atoms with E-state index in [2.05, 4.69) is 0 Å².